The number of anilines is 1. The fourth-order valence-corrected chi connectivity index (χ4v) is 3.49. The number of hydrogen-bond donors (Lipinski definition) is 0. The van der Waals surface area contributed by atoms with Gasteiger partial charge in [0, 0.05) is 26.2 Å². The smallest absolute Gasteiger partial charge is 0.298 e. The third-order valence-electron chi connectivity index (χ3n) is 5.10. The maximum absolute atomic E-state index is 12.8. The summed E-state index contributed by atoms with van der Waals surface area (Å²) in [4.78, 5) is 21.3. The highest BCUT2D eigenvalue weighted by molar-refractivity contribution is 5.92. The first-order valence-electron chi connectivity index (χ1n) is 9.56. The molecule has 29 heavy (non-hydrogen) atoms. The molecule has 2 aromatic carbocycles. The van der Waals surface area contributed by atoms with E-state index in [1.165, 1.54) is 0 Å². The lowest BCUT2D eigenvalue weighted by Gasteiger charge is -2.33. The molecule has 3 heterocycles. The van der Waals surface area contributed by atoms with Gasteiger partial charge in [-0.25, -0.2) is 4.68 Å². The van der Waals surface area contributed by atoms with Crippen molar-refractivity contribution in [1.82, 2.24) is 24.9 Å². The molecule has 1 saturated heterocycles. The molecule has 0 N–H and O–H groups in total. The van der Waals surface area contributed by atoms with Crippen molar-refractivity contribution in [3.63, 3.8) is 0 Å². The van der Waals surface area contributed by atoms with Crippen LogP contribution in [0.5, 0.6) is 0 Å². The SMILES string of the molecule is Cc1ccc2oc(N3CCN(C(=O)c4cn(-c5ccccc5)nn4)CC3)nc2c1. The van der Waals surface area contributed by atoms with Crippen LogP contribution in [-0.2, 0) is 0 Å². The van der Waals surface area contributed by atoms with Crippen molar-refractivity contribution in [1.29, 1.82) is 0 Å². The van der Waals surface area contributed by atoms with Gasteiger partial charge in [-0.15, -0.1) is 5.10 Å². The fraction of sp³-hybridized carbons (Fsp3) is 0.238. The Labute approximate surface area is 167 Å². The van der Waals surface area contributed by atoms with E-state index in [1.54, 1.807) is 15.8 Å². The first-order chi connectivity index (χ1) is 14.2. The number of carbonyl (C=O) groups excluding carboxylic acids is 1. The highest BCUT2D eigenvalue weighted by Gasteiger charge is 2.26. The zero-order chi connectivity index (χ0) is 19.8. The molecular formula is C21H20N6O2. The number of aryl methyl sites for hydroxylation is 1. The average molecular weight is 388 g/mol. The summed E-state index contributed by atoms with van der Waals surface area (Å²) < 4.78 is 7.50. The maximum atomic E-state index is 12.8. The van der Waals surface area contributed by atoms with Crippen LogP contribution in [0.1, 0.15) is 16.1 Å². The lowest BCUT2D eigenvalue weighted by atomic mass is 10.2. The number of para-hydroxylation sites is 1. The van der Waals surface area contributed by atoms with Crippen LogP contribution >= 0.6 is 0 Å². The highest BCUT2D eigenvalue weighted by atomic mass is 16.4. The van der Waals surface area contributed by atoms with Crippen LogP contribution in [0.25, 0.3) is 16.8 Å². The molecule has 1 aliphatic rings. The summed E-state index contributed by atoms with van der Waals surface area (Å²) in [7, 11) is 0. The van der Waals surface area contributed by atoms with E-state index >= 15 is 0 Å². The van der Waals surface area contributed by atoms with Gasteiger partial charge >= 0.3 is 0 Å². The molecule has 0 radical (unpaired) electrons. The van der Waals surface area contributed by atoms with Crippen molar-refractivity contribution >= 4 is 23.0 Å². The summed E-state index contributed by atoms with van der Waals surface area (Å²) in [5.41, 5.74) is 4.00. The Morgan fingerprint density at radius 1 is 1.03 bits per heavy atom. The van der Waals surface area contributed by atoms with Gasteiger partial charge in [-0.1, -0.05) is 29.5 Å². The molecule has 8 heteroatoms. The molecule has 0 unspecified atom stereocenters. The van der Waals surface area contributed by atoms with Crippen molar-refractivity contribution in [2.45, 2.75) is 6.92 Å². The van der Waals surface area contributed by atoms with Crippen LogP contribution < -0.4 is 4.90 Å². The Kier molecular flexibility index (Phi) is 4.23. The standard InChI is InChI=1S/C21H20N6O2/c1-15-7-8-19-17(13-15)22-21(29-19)26-11-9-25(10-12-26)20(28)18-14-27(24-23-18)16-5-3-2-4-6-16/h2-8,13-14H,9-12H2,1H3. The monoisotopic (exact) mass is 388 g/mol. The van der Waals surface area contributed by atoms with Crippen molar-refractivity contribution < 1.29 is 9.21 Å². The molecule has 5 rings (SSSR count). The van der Waals surface area contributed by atoms with E-state index < -0.39 is 0 Å². The molecule has 0 atom stereocenters. The second kappa shape index (κ2) is 7.05. The zero-order valence-electron chi connectivity index (χ0n) is 16.0. The van der Waals surface area contributed by atoms with E-state index in [0.717, 1.165) is 22.4 Å². The number of carbonyl (C=O) groups is 1. The number of rotatable bonds is 3. The first kappa shape index (κ1) is 17.4. The van der Waals surface area contributed by atoms with Crippen LogP contribution in [0.3, 0.4) is 0 Å². The number of fused-ring (bicyclic) bond motifs is 1. The van der Waals surface area contributed by atoms with Gasteiger partial charge in [0.1, 0.15) is 5.52 Å². The quantitative estimate of drug-likeness (QED) is 0.537. The van der Waals surface area contributed by atoms with Gasteiger partial charge < -0.3 is 14.2 Å². The Morgan fingerprint density at radius 2 is 1.83 bits per heavy atom. The number of amides is 1. The Morgan fingerprint density at radius 3 is 2.62 bits per heavy atom. The Balaban J connectivity index is 1.26. The van der Waals surface area contributed by atoms with Crippen LogP contribution in [0.4, 0.5) is 6.01 Å². The molecule has 1 aliphatic heterocycles. The van der Waals surface area contributed by atoms with Gasteiger partial charge in [0.25, 0.3) is 11.9 Å². The second-order valence-corrected chi connectivity index (χ2v) is 7.13. The molecule has 2 aromatic heterocycles. The lowest BCUT2D eigenvalue weighted by Crippen LogP contribution is -2.49. The minimum atomic E-state index is -0.111. The number of piperazine rings is 1. The van der Waals surface area contributed by atoms with E-state index in [9.17, 15) is 4.79 Å². The summed E-state index contributed by atoms with van der Waals surface area (Å²) in [6, 6.07) is 16.2. The summed E-state index contributed by atoms with van der Waals surface area (Å²) in [6.45, 7) is 4.50. The average Bonchev–Trinajstić information content (AvgIpc) is 3.41. The Hall–Kier alpha value is -3.68. The second-order valence-electron chi connectivity index (χ2n) is 7.13. The van der Waals surface area contributed by atoms with Gasteiger partial charge in [0.15, 0.2) is 11.3 Å². The first-order valence-corrected chi connectivity index (χ1v) is 9.56. The van der Waals surface area contributed by atoms with Crippen LogP contribution in [0, 0.1) is 6.92 Å². The van der Waals surface area contributed by atoms with E-state index in [4.69, 9.17) is 4.42 Å². The minimum Gasteiger partial charge on any atom is -0.423 e. The van der Waals surface area contributed by atoms with E-state index in [0.29, 0.717) is 37.9 Å². The number of hydrogen-bond acceptors (Lipinski definition) is 6. The molecular weight excluding hydrogens is 368 g/mol. The van der Waals surface area contributed by atoms with Crippen molar-refractivity contribution in [2.75, 3.05) is 31.1 Å². The van der Waals surface area contributed by atoms with Gasteiger partial charge in [-0.05, 0) is 36.8 Å². The summed E-state index contributed by atoms with van der Waals surface area (Å²) in [5.74, 6) is -0.111. The summed E-state index contributed by atoms with van der Waals surface area (Å²) >= 11 is 0. The molecule has 0 aliphatic carbocycles. The van der Waals surface area contributed by atoms with E-state index in [1.807, 2.05) is 55.5 Å². The summed E-state index contributed by atoms with van der Waals surface area (Å²) in [6.07, 6.45) is 1.67. The molecule has 4 aromatic rings. The third kappa shape index (κ3) is 3.33. The number of nitrogens with zero attached hydrogens (tertiary/aromatic N) is 6. The zero-order valence-corrected chi connectivity index (χ0v) is 16.0. The van der Waals surface area contributed by atoms with Gasteiger partial charge in [0.2, 0.25) is 0 Å². The predicted molar refractivity (Wildman–Crippen MR) is 108 cm³/mol. The van der Waals surface area contributed by atoms with Gasteiger partial charge in [-0.2, -0.15) is 4.98 Å². The summed E-state index contributed by atoms with van der Waals surface area (Å²) in [5, 5.41) is 8.14. The molecule has 0 bridgehead atoms. The normalized spacial score (nSPS) is 14.5. The van der Waals surface area contributed by atoms with Gasteiger partial charge in [-0.3, -0.25) is 4.79 Å². The van der Waals surface area contributed by atoms with Crippen molar-refractivity contribution in [3.8, 4) is 5.69 Å². The third-order valence-corrected chi connectivity index (χ3v) is 5.10. The van der Waals surface area contributed by atoms with E-state index in [-0.39, 0.29) is 5.91 Å². The van der Waals surface area contributed by atoms with Crippen LogP contribution in [0.2, 0.25) is 0 Å². The van der Waals surface area contributed by atoms with E-state index in [2.05, 4.69) is 20.2 Å². The predicted octanol–water partition coefficient (Wildman–Crippen LogP) is 2.68. The molecule has 0 saturated carbocycles. The molecule has 1 fully saturated rings. The molecule has 0 spiro atoms. The Bertz CT molecular complexity index is 1160. The lowest BCUT2D eigenvalue weighted by molar-refractivity contribution is 0.0739. The number of benzene rings is 2. The van der Waals surface area contributed by atoms with Gasteiger partial charge in [0.05, 0.1) is 11.9 Å². The fourth-order valence-electron chi connectivity index (χ4n) is 3.49. The highest BCUT2D eigenvalue weighted by Crippen LogP contribution is 2.24. The minimum absolute atomic E-state index is 0.111. The molecule has 8 nitrogen and oxygen atoms in total. The van der Waals surface area contributed by atoms with Crippen molar-refractivity contribution in [3.05, 3.63) is 66.0 Å². The van der Waals surface area contributed by atoms with Crippen LogP contribution in [-0.4, -0.2) is 57.0 Å². The topological polar surface area (TPSA) is 80.3 Å². The maximum Gasteiger partial charge on any atom is 0.298 e. The molecule has 1 amide bonds. The number of aromatic nitrogens is 4. The number of oxazole rings is 1. The van der Waals surface area contributed by atoms with Crippen LogP contribution in [0.15, 0.2) is 59.1 Å². The largest absolute Gasteiger partial charge is 0.423 e. The van der Waals surface area contributed by atoms with Crippen molar-refractivity contribution in [2.24, 2.45) is 0 Å². The molecule has 146 valence electrons.